The third-order valence-corrected chi connectivity index (χ3v) is 4.34. The molecule has 3 rings (SSSR count). The average Bonchev–Trinajstić information content (AvgIpc) is 2.70. The summed E-state index contributed by atoms with van der Waals surface area (Å²) < 4.78 is 2.44. The van der Waals surface area contributed by atoms with Crippen molar-refractivity contribution < 1.29 is 0 Å². The summed E-state index contributed by atoms with van der Waals surface area (Å²) in [6.07, 6.45) is 0. The van der Waals surface area contributed by atoms with Crippen LogP contribution >= 0.6 is 0 Å². The van der Waals surface area contributed by atoms with Gasteiger partial charge in [-0.05, 0) is 44.4 Å². The number of rotatable bonds is 2. The Kier molecular flexibility index (Phi) is 3.13. The van der Waals surface area contributed by atoms with Gasteiger partial charge >= 0.3 is 0 Å². The molecule has 1 aromatic heterocycles. The predicted molar refractivity (Wildman–Crippen MR) is 86.4 cm³/mol. The normalized spacial score (nSPS) is 11.2. The molecule has 0 aliphatic heterocycles. The molecule has 0 spiro atoms. The quantitative estimate of drug-likeness (QED) is 0.618. The lowest BCUT2D eigenvalue weighted by molar-refractivity contribution is 0.754. The van der Waals surface area contributed by atoms with Crippen LogP contribution in [-0.2, 0) is 6.54 Å². The van der Waals surface area contributed by atoms with Gasteiger partial charge in [-0.3, -0.25) is 0 Å². The summed E-state index contributed by atoms with van der Waals surface area (Å²) in [5, 5.41) is 2.86. The monoisotopic (exact) mass is 263 g/mol. The van der Waals surface area contributed by atoms with Gasteiger partial charge in [0.2, 0.25) is 0 Å². The number of hydrogen-bond donors (Lipinski definition) is 0. The number of benzene rings is 2. The van der Waals surface area contributed by atoms with E-state index in [-0.39, 0.29) is 0 Å². The van der Waals surface area contributed by atoms with Crippen LogP contribution in [0, 0.1) is 27.7 Å². The maximum absolute atomic E-state index is 2.44. The zero-order chi connectivity index (χ0) is 14.3. The Bertz CT molecular complexity index is 719. The van der Waals surface area contributed by atoms with Crippen LogP contribution in [-0.4, -0.2) is 4.57 Å². The maximum atomic E-state index is 2.44. The van der Waals surface area contributed by atoms with E-state index in [1.165, 1.54) is 38.9 Å². The largest absolute Gasteiger partial charge is 0.344 e. The summed E-state index contributed by atoms with van der Waals surface area (Å²) in [5.74, 6) is 0. The fourth-order valence-corrected chi connectivity index (χ4v) is 3.27. The third-order valence-electron chi connectivity index (χ3n) is 4.34. The van der Waals surface area contributed by atoms with E-state index in [4.69, 9.17) is 0 Å². The molecule has 0 atom stereocenters. The average molecular weight is 263 g/mol. The SMILES string of the molecule is Cc1ccc(C)c2c(C)n(Cc3ccccc3)c(C)c12. The Balaban J connectivity index is 2.22. The van der Waals surface area contributed by atoms with Crippen LogP contribution in [0.1, 0.15) is 28.1 Å². The summed E-state index contributed by atoms with van der Waals surface area (Å²) in [6, 6.07) is 15.2. The number of hydrogen-bond acceptors (Lipinski definition) is 0. The number of fused-ring (bicyclic) bond motifs is 1. The smallest absolute Gasteiger partial charge is 0.0475 e. The molecule has 20 heavy (non-hydrogen) atoms. The van der Waals surface area contributed by atoms with Gasteiger partial charge < -0.3 is 4.57 Å². The van der Waals surface area contributed by atoms with Gasteiger partial charge in [-0.1, -0.05) is 42.5 Å². The Morgan fingerprint density at radius 1 is 0.700 bits per heavy atom. The van der Waals surface area contributed by atoms with Crippen LogP contribution in [0.4, 0.5) is 0 Å². The van der Waals surface area contributed by atoms with Gasteiger partial charge in [-0.2, -0.15) is 0 Å². The summed E-state index contributed by atoms with van der Waals surface area (Å²) in [5.41, 5.74) is 6.86. The zero-order valence-corrected chi connectivity index (χ0v) is 12.7. The molecular formula is C19H21N. The Hall–Kier alpha value is -2.02. The van der Waals surface area contributed by atoms with Gasteiger partial charge in [0.1, 0.15) is 0 Å². The van der Waals surface area contributed by atoms with Gasteiger partial charge in [0.15, 0.2) is 0 Å². The molecule has 2 aromatic carbocycles. The molecule has 0 amide bonds. The van der Waals surface area contributed by atoms with Crippen molar-refractivity contribution in [3.63, 3.8) is 0 Å². The first kappa shape index (κ1) is 13.0. The first-order valence-electron chi connectivity index (χ1n) is 7.19. The molecule has 0 aliphatic rings. The first-order valence-corrected chi connectivity index (χ1v) is 7.19. The lowest BCUT2D eigenvalue weighted by Gasteiger charge is -2.09. The topological polar surface area (TPSA) is 4.93 Å². The van der Waals surface area contributed by atoms with Crippen molar-refractivity contribution in [3.05, 3.63) is 70.5 Å². The van der Waals surface area contributed by atoms with E-state index in [9.17, 15) is 0 Å². The van der Waals surface area contributed by atoms with Gasteiger partial charge in [0.25, 0.3) is 0 Å². The van der Waals surface area contributed by atoms with Crippen molar-refractivity contribution in [3.8, 4) is 0 Å². The molecule has 0 N–H and O–H groups in total. The Labute approximate surface area is 120 Å². The van der Waals surface area contributed by atoms with E-state index in [2.05, 4.69) is 74.7 Å². The number of nitrogens with zero attached hydrogens (tertiary/aromatic N) is 1. The van der Waals surface area contributed by atoms with E-state index in [0.29, 0.717) is 0 Å². The van der Waals surface area contributed by atoms with Crippen LogP contribution < -0.4 is 0 Å². The third kappa shape index (κ3) is 1.94. The fraction of sp³-hybridized carbons (Fsp3) is 0.263. The second-order valence-corrected chi connectivity index (χ2v) is 5.69. The molecule has 1 heteroatoms. The standard InChI is InChI=1S/C19H21N/c1-13-10-11-14(2)19-16(4)20(15(3)18(13)19)12-17-8-6-5-7-9-17/h5-11H,12H2,1-4H3. The van der Waals surface area contributed by atoms with E-state index in [0.717, 1.165) is 6.54 Å². The highest BCUT2D eigenvalue weighted by Crippen LogP contribution is 2.31. The van der Waals surface area contributed by atoms with Crippen LogP contribution in [0.25, 0.3) is 10.8 Å². The van der Waals surface area contributed by atoms with Crippen molar-refractivity contribution in [2.45, 2.75) is 34.2 Å². The Morgan fingerprint density at radius 2 is 1.20 bits per heavy atom. The molecule has 0 saturated heterocycles. The summed E-state index contributed by atoms with van der Waals surface area (Å²) >= 11 is 0. The van der Waals surface area contributed by atoms with Gasteiger partial charge in [-0.15, -0.1) is 0 Å². The van der Waals surface area contributed by atoms with Gasteiger partial charge in [0.05, 0.1) is 0 Å². The molecule has 0 bridgehead atoms. The first-order chi connectivity index (χ1) is 9.59. The van der Waals surface area contributed by atoms with Crippen LogP contribution in [0.15, 0.2) is 42.5 Å². The van der Waals surface area contributed by atoms with E-state index < -0.39 is 0 Å². The van der Waals surface area contributed by atoms with Crippen LogP contribution in [0.2, 0.25) is 0 Å². The molecule has 102 valence electrons. The maximum Gasteiger partial charge on any atom is 0.0475 e. The van der Waals surface area contributed by atoms with Crippen LogP contribution in [0.5, 0.6) is 0 Å². The fourth-order valence-electron chi connectivity index (χ4n) is 3.27. The van der Waals surface area contributed by atoms with Crippen molar-refractivity contribution in [1.82, 2.24) is 4.57 Å². The molecule has 0 aliphatic carbocycles. The lowest BCUT2D eigenvalue weighted by atomic mass is 10.0. The molecule has 0 unspecified atom stereocenters. The van der Waals surface area contributed by atoms with Crippen molar-refractivity contribution in [2.24, 2.45) is 0 Å². The van der Waals surface area contributed by atoms with E-state index in [1.807, 2.05) is 0 Å². The number of aryl methyl sites for hydroxylation is 4. The molecule has 1 nitrogen and oxygen atoms in total. The molecule has 0 radical (unpaired) electrons. The van der Waals surface area contributed by atoms with Gasteiger partial charge in [0, 0.05) is 28.7 Å². The zero-order valence-electron chi connectivity index (χ0n) is 12.7. The van der Waals surface area contributed by atoms with E-state index in [1.54, 1.807) is 0 Å². The highest BCUT2D eigenvalue weighted by Gasteiger charge is 2.14. The molecule has 0 fully saturated rings. The number of aromatic nitrogens is 1. The van der Waals surface area contributed by atoms with Crippen molar-refractivity contribution in [1.29, 1.82) is 0 Å². The predicted octanol–water partition coefficient (Wildman–Crippen LogP) is 4.92. The second-order valence-electron chi connectivity index (χ2n) is 5.69. The van der Waals surface area contributed by atoms with Crippen LogP contribution in [0.3, 0.4) is 0 Å². The highest BCUT2D eigenvalue weighted by atomic mass is 15.0. The summed E-state index contributed by atoms with van der Waals surface area (Å²) in [7, 11) is 0. The molecular weight excluding hydrogens is 242 g/mol. The van der Waals surface area contributed by atoms with Crippen molar-refractivity contribution in [2.75, 3.05) is 0 Å². The second kappa shape index (κ2) is 4.82. The lowest BCUT2D eigenvalue weighted by Crippen LogP contribution is -2.03. The minimum Gasteiger partial charge on any atom is -0.344 e. The highest BCUT2D eigenvalue weighted by molar-refractivity contribution is 5.93. The minimum atomic E-state index is 0.950. The van der Waals surface area contributed by atoms with E-state index >= 15 is 0 Å². The van der Waals surface area contributed by atoms with Gasteiger partial charge in [-0.25, -0.2) is 0 Å². The van der Waals surface area contributed by atoms with Crippen molar-refractivity contribution >= 4 is 10.8 Å². The minimum absolute atomic E-state index is 0.950. The summed E-state index contributed by atoms with van der Waals surface area (Å²) in [6.45, 7) is 9.85. The molecule has 1 heterocycles. The molecule has 0 saturated carbocycles. The molecule has 3 aromatic rings. The summed E-state index contributed by atoms with van der Waals surface area (Å²) in [4.78, 5) is 0. The Morgan fingerprint density at radius 3 is 1.70 bits per heavy atom.